The third-order valence-electron chi connectivity index (χ3n) is 4.27. The molecular weight excluding hydrogens is 312 g/mol. The van der Waals surface area contributed by atoms with Crippen molar-refractivity contribution in [2.75, 3.05) is 0 Å². The number of aryl methyl sites for hydroxylation is 1. The van der Waals surface area contributed by atoms with Gasteiger partial charge in [0, 0.05) is 11.1 Å². The third-order valence-corrected chi connectivity index (χ3v) is 5.44. The highest BCUT2D eigenvalue weighted by Gasteiger charge is 2.38. The fourth-order valence-corrected chi connectivity index (χ4v) is 4.13. The highest BCUT2D eigenvalue weighted by Crippen LogP contribution is 2.40. The molecule has 0 saturated heterocycles. The first-order chi connectivity index (χ1) is 11.3. The Hall–Kier alpha value is -1.99. The van der Waals surface area contributed by atoms with Gasteiger partial charge in [0.15, 0.2) is 5.76 Å². The van der Waals surface area contributed by atoms with Crippen molar-refractivity contribution in [2.24, 2.45) is 0 Å². The smallest absolute Gasteiger partial charge is 0.241 e. The molecule has 23 heavy (non-hydrogen) atoms. The third kappa shape index (κ3) is 2.82. The van der Waals surface area contributed by atoms with E-state index in [4.69, 9.17) is 13.9 Å². The summed E-state index contributed by atoms with van der Waals surface area (Å²) in [4.78, 5) is 9.09. The molecule has 0 radical (unpaired) electrons. The number of thiazole rings is 1. The molecule has 120 valence electrons. The molecule has 3 aromatic rings. The van der Waals surface area contributed by atoms with Crippen LogP contribution in [0.1, 0.15) is 42.3 Å². The molecule has 0 spiro atoms. The summed E-state index contributed by atoms with van der Waals surface area (Å²) in [6, 6.07) is 3.63. The van der Waals surface area contributed by atoms with E-state index in [0.717, 1.165) is 18.5 Å². The van der Waals surface area contributed by atoms with Gasteiger partial charge < -0.3 is 8.94 Å². The van der Waals surface area contributed by atoms with Crippen molar-refractivity contribution in [1.82, 2.24) is 20.4 Å². The normalized spacial score (nSPS) is 16.9. The van der Waals surface area contributed by atoms with Crippen LogP contribution in [-0.2, 0) is 12.1 Å². The van der Waals surface area contributed by atoms with Gasteiger partial charge in [-0.25, -0.2) is 4.98 Å². The first kappa shape index (κ1) is 14.6. The average molecular weight is 330 g/mol. The maximum Gasteiger partial charge on any atom is 0.241 e. The van der Waals surface area contributed by atoms with Crippen LogP contribution in [0.3, 0.4) is 0 Å². The number of furan rings is 1. The van der Waals surface area contributed by atoms with Crippen molar-refractivity contribution < 1.29 is 8.94 Å². The fourth-order valence-electron chi connectivity index (χ4n) is 3.10. The second-order valence-electron chi connectivity index (χ2n) is 5.93. The monoisotopic (exact) mass is 330 g/mol. The SMILES string of the molecule is Cc1csc(C2(NCc3nc(-c4ccco4)no3)CCCC2)n1. The minimum Gasteiger partial charge on any atom is -0.461 e. The minimum atomic E-state index is -0.0573. The molecule has 1 saturated carbocycles. The van der Waals surface area contributed by atoms with Gasteiger partial charge in [-0.15, -0.1) is 11.3 Å². The van der Waals surface area contributed by atoms with E-state index >= 15 is 0 Å². The molecule has 6 nitrogen and oxygen atoms in total. The predicted molar refractivity (Wildman–Crippen MR) is 85.8 cm³/mol. The van der Waals surface area contributed by atoms with Crippen LogP contribution >= 0.6 is 11.3 Å². The number of rotatable bonds is 5. The van der Waals surface area contributed by atoms with E-state index in [-0.39, 0.29) is 5.54 Å². The topological polar surface area (TPSA) is 77.0 Å². The number of nitrogens with one attached hydrogen (secondary N) is 1. The molecule has 1 N–H and O–H groups in total. The van der Waals surface area contributed by atoms with E-state index in [9.17, 15) is 0 Å². The molecule has 3 heterocycles. The van der Waals surface area contributed by atoms with E-state index in [1.807, 2.05) is 19.1 Å². The van der Waals surface area contributed by atoms with E-state index in [1.165, 1.54) is 17.8 Å². The summed E-state index contributed by atoms with van der Waals surface area (Å²) in [5.74, 6) is 1.67. The number of aromatic nitrogens is 3. The number of nitrogens with zero attached hydrogens (tertiary/aromatic N) is 3. The first-order valence-corrected chi connectivity index (χ1v) is 8.67. The molecule has 0 aromatic carbocycles. The van der Waals surface area contributed by atoms with Crippen molar-refractivity contribution in [3.63, 3.8) is 0 Å². The Morgan fingerprint density at radius 2 is 2.17 bits per heavy atom. The Morgan fingerprint density at radius 1 is 1.30 bits per heavy atom. The molecule has 0 atom stereocenters. The average Bonchev–Trinajstić information content (AvgIpc) is 3.32. The summed E-state index contributed by atoms with van der Waals surface area (Å²) in [5, 5.41) is 10.9. The van der Waals surface area contributed by atoms with Crippen molar-refractivity contribution in [3.05, 3.63) is 40.4 Å². The molecular formula is C16H18N4O2S. The summed E-state index contributed by atoms with van der Waals surface area (Å²) >= 11 is 1.73. The maximum atomic E-state index is 5.33. The fraction of sp³-hybridized carbons (Fsp3) is 0.438. The Kier molecular flexibility index (Phi) is 3.74. The zero-order chi connectivity index (χ0) is 15.7. The Morgan fingerprint density at radius 3 is 2.87 bits per heavy atom. The lowest BCUT2D eigenvalue weighted by atomic mass is 9.98. The van der Waals surface area contributed by atoms with E-state index in [2.05, 4.69) is 20.8 Å². The van der Waals surface area contributed by atoms with Crippen LogP contribution in [0.15, 0.2) is 32.7 Å². The summed E-state index contributed by atoms with van der Waals surface area (Å²) < 4.78 is 10.6. The van der Waals surface area contributed by atoms with Crippen LogP contribution in [0, 0.1) is 6.92 Å². The second-order valence-corrected chi connectivity index (χ2v) is 6.78. The summed E-state index contributed by atoms with van der Waals surface area (Å²) in [6.45, 7) is 2.57. The van der Waals surface area contributed by atoms with Crippen LogP contribution in [-0.4, -0.2) is 15.1 Å². The second kappa shape index (κ2) is 5.90. The van der Waals surface area contributed by atoms with Gasteiger partial charge in [-0.1, -0.05) is 18.0 Å². The number of hydrogen-bond acceptors (Lipinski definition) is 7. The van der Waals surface area contributed by atoms with Gasteiger partial charge in [-0.2, -0.15) is 4.98 Å². The van der Waals surface area contributed by atoms with Gasteiger partial charge >= 0.3 is 0 Å². The van der Waals surface area contributed by atoms with Crippen LogP contribution in [0.5, 0.6) is 0 Å². The molecule has 4 rings (SSSR count). The van der Waals surface area contributed by atoms with E-state index in [0.29, 0.717) is 24.0 Å². The van der Waals surface area contributed by atoms with Crippen LogP contribution in [0.25, 0.3) is 11.6 Å². The van der Waals surface area contributed by atoms with Crippen molar-refractivity contribution in [2.45, 2.75) is 44.7 Å². The molecule has 0 amide bonds. The van der Waals surface area contributed by atoms with Gasteiger partial charge in [0.2, 0.25) is 11.7 Å². The van der Waals surface area contributed by atoms with Crippen LogP contribution < -0.4 is 5.32 Å². The minimum absolute atomic E-state index is 0.0573. The van der Waals surface area contributed by atoms with Gasteiger partial charge in [0.25, 0.3) is 0 Å². The zero-order valence-electron chi connectivity index (χ0n) is 12.9. The van der Waals surface area contributed by atoms with Crippen LogP contribution in [0.2, 0.25) is 0 Å². The molecule has 1 fully saturated rings. The van der Waals surface area contributed by atoms with Crippen LogP contribution in [0.4, 0.5) is 0 Å². The van der Waals surface area contributed by atoms with Crippen molar-refractivity contribution in [3.8, 4) is 11.6 Å². The molecule has 0 bridgehead atoms. The molecule has 1 aliphatic carbocycles. The van der Waals surface area contributed by atoms with Crippen molar-refractivity contribution in [1.29, 1.82) is 0 Å². The summed E-state index contributed by atoms with van der Waals surface area (Å²) in [7, 11) is 0. The standard InChI is InChI=1S/C16H18N4O2S/c1-11-10-23-15(18-11)16(6-2-3-7-16)17-9-13-19-14(20-22-13)12-5-4-8-21-12/h4-5,8,10,17H,2-3,6-7,9H2,1H3. The lowest BCUT2D eigenvalue weighted by Crippen LogP contribution is -2.39. The molecule has 0 unspecified atom stereocenters. The molecule has 1 aliphatic rings. The maximum absolute atomic E-state index is 5.33. The summed E-state index contributed by atoms with van der Waals surface area (Å²) in [5.41, 5.74) is 1.02. The van der Waals surface area contributed by atoms with Gasteiger partial charge in [0.05, 0.1) is 18.3 Å². The van der Waals surface area contributed by atoms with E-state index < -0.39 is 0 Å². The molecule has 7 heteroatoms. The lowest BCUT2D eigenvalue weighted by molar-refractivity contribution is 0.297. The Bertz CT molecular complexity index is 772. The molecule has 0 aliphatic heterocycles. The van der Waals surface area contributed by atoms with Gasteiger partial charge in [-0.05, 0) is 31.9 Å². The summed E-state index contributed by atoms with van der Waals surface area (Å²) in [6.07, 6.45) is 6.22. The predicted octanol–water partition coefficient (Wildman–Crippen LogP) is 3.65. The number of hydrogen-bond donors (Lipinski definition) is 1. The zero-order valence-corrected chi connectivity index (χ0v) is 13.7. The quantitative estimate of drug-likeness (QED) is 0.769. The Labute approximate surface area is 137 Å². The lowest BCUT2D eigenvalue weighted by Gasteiger charge is -2.27. The highest BCUT2D eigenvalue weighted by molar-refractivity contribution is 7.09. The van der Waals surface area contributed by atoms with Gasteiger partial charge in [0.1, 0.15) is 5.01 Å². The molecule has 3 aromatic heterocycles. The van der Waals surface area contributed by atoms with Crippen molar-refractivity contribution >= 4 is 11.3 Å². The highest BCUT2D eigenvalue weighted by atomic mass is 32.1. The largest absolute Gasteiger partial charge is 0.461 e. The first-order valence-electron chi connectivity index (χ1n) is 7.79. The Balaban J connectivity index is 1.50. The van der Waals surface area contributed by atoms with Gasteiger partial charge in [-0.3, -0.25) is 5.32 Å². The van der Waals surface area contributed by atoms with E-state index in [1.54, 1.807) is 17.6 Å².